The molecular weight excluding hydrogens is 340 g/mol. The van der Waals surface area contributed by atoms with Gasteiger partial charge in [-0.3, -0.25) is 9.89 Å². The van der Waals surface area contributed by atoms with Crippen LogP contribution in [-0.4, -0.2) is 25.5 Å². The highest BCUT2D eigenvalue weighted by Gasteiger charge is 2.26. The number of nitrogens with one attached hydrogen (secondary N) is 2. The van der Waals surface area contributed by atoms with Gasteiger partial charge in [-0.05, 0) is 25.8 Å². The second kappa shape index (κ2) is 5.90. The molecule has 0 spiro atoms. The Morgan fingerprint density at radius 3 is 3.00 bits per heavy atom. The highest BCUT2D eigenvalue weighted by atomic mass is 35.5. The van der Waals surface area contributed by atoms with Crippen molar-refractivity contribution in [3.8, 4) is 6.07 Å². The third-order valence-electron chi connectivity index (χ3n) is 4.36. The van der Waals surface area contributed by atoms with Crippen molar-refractivity contribution in [1.82, 2.24) is 19.6 Å². The number of rotatable bonds is 4. The van der Waals surface area contributed by atoms with Crippen LogP contribution in [0.2, 0.25) is 5.02 Å². The molecule has 1 atom stereocenters. The molecule has 1 amide bonds. The van der Waals surface area contributed by atoms with E-state index in [0.717, 1.165) is 18.5 Å². The molecule has 7 nitrogen and oxygen atoms in total. The van der Waals surface area contributed by atoms with Crippen molar-refractivity contribution < 1.29 is 4.79 Å². The van der Waals surface area contributed by atoms with E-state index in [0.29, 0.717) is 33.7 Å². The first-order valence-corrected chi connectivity index (χ1v) is 8.37. The van der Waals surface area contributed by atoms with Crippen LogP contribution in [-0.2, 0) is 4.79 Å². The molecule has 0 saturated heterocycles. The van der Waals surface area contributed by atoms with Crippen LogP contribution in [0.4, 0.5) is 5.82 Å². The maximum atomic E-state index is 12.5. The summed E-state index contributed by atoms with van der Waals surface area (Å²) >= 11 is 6.00. The Morgan fingerprint density at radius 2 is 2.28 bits per heavy atom. The van der Waals surface area contributed by atoms with Crippen molar-refractivity contribution in [3.63, 3.8) is 0 Å². The molecule has 126 valence electrons. The van der Waals surface area contributed by atoms with Gasteiger partial charge in [0, 0.05) is 30.1 Å². The van der Waals surface area contributed by atoms with E-state index in [1.165, 1.54) is 0 Å². The Morgan fingerprint density at radius 1 is 1.48 bits per heavy atom. The monoisotopic (exact) mass is 354 g/mol. The minimum atomic E-state index is -0.494. The quantitative estimate of drug-likeness (QED) is 0.751. The van der Waals surface area contributed by atoms with Crippen molar-refractivity contribution in [2.45, 2.75) is 31.6 Å². The molecule has 0 aliphatic heterocycles. The summed E-state index contributed by atoms with van der Waals surface area (Å²) in [5.74, 6) is 0.361. The van der Waals surface area contributed by atoms with Crippen molar-refractivity contribution in [2.24, 2.45) is 0 Å². The second-order valence-electron chi connectivity index (χ2n) is 6.27. The van der Waals surface area contributed by atoms with Gasteiger partial charge in [0.15, 0.2) is 11.5 Å². The van der Waals surface area contributed by atoms with Crippen LogP contribution < -0.4 is 5.32 Å². The molecule has 8 heteroatoms. The maximum Gasteiger partial charge on any atom is 0.234 e. The molecule has 0 radical (unpaired) electrons. The number of halogens is 1. The van der Waals surface area contributed by atoms with Crippen molar-refractivity contribution in [1.29, 1.82) is 5.26 Å². The van der Waals surface area contributed by atoms with Gasteiger partial charge in [-0.15, -0.1) is 0 Å². The van der Waals surface area contributed by atoms with E-state index in [9.17, 15) is 10.1 Å². The average molecular weight is 355 g/mol. The fraction of sp³-hybridized carbons (Fsp3) is 0.294. The van der Waals surface area contributed by atoms with E-state index in [-0.39, 0.29) is 5.91 Å². The molecule has 2 N–H and O–H groups in total. The summed E-state index contributed by atoms with van der Waals surface area (Å²) in [6, 6.07) is 5.50. The number of carbonyl (C=O) groups is 1. The highest BCUT2D eigenvalue weighted by molar-refractivity contribution is 6.30. The van der Waals surface area contributed by atoms with Gasteiger partial charge in [-0.2, -0.15) is 10.4 Å². The number of aromatic nitrogens is 4. The van der Waals surface area contributed by atoms with Gasteiger partial charge in [0.05, 0.1) is 22.2 Å². The fourth-order valence-electron chi connectivity index (χ4n) is 2.75. The Bertz CT molecular complexity index is 1010. The standard InChI is InChI=1S/C17H15ClN6O/c1-9(17(25)21-15-5-13(22-23-15)10-2-3-10)14-8-24-7-12(18)4-11(6-19)16(24)20-14/h4-5,7-10H,2-3H2,1H3,(H2,21,22,23,25)/t9-/m0/s1. The SMILES string of the molecule is C[C@H](C(=O)Nc1cc(C2CC2)[nH]n1)c1cn2cc(Cl)cc(C#N)c2n1. The molecule has 1 aliphatic carbocycles. The fourth-order valence-corrected chi connectivity index (χ4v) is 2.96. The third kappa shape index (κ3) is 2.96. The molecule has 0 unspecified atom stereocenters. The first kappa shape index (κ1) is 15.7. The minimum absolute atomic E-state index is 0.207. The van der Waals surface area contributed by atoms with Gasteiger partial charge in [-0.1, -0.05) is 11.6 Å². The summed E-state index contributed by atoms with van der Waals surface area (Å²) in [6.07, 6.45) is 5.70. The Kier molecular flexibility index (Phi) is 3.70. The lowest BCUT2D eigenvalue weighted by Crippen LogP contribution is -2.19. The molecule has 1 saturated carbocycles. The molecule has 1 aliphatic rings. The van der Waals surface area contributed by atoms with Crippen molar-refractivity contribution in [3.05, 3.63) is 46.5 Å². The van der Waals surface area contributed by atoms with E-state index in [4.69, 9.17) is 11.6 Å². The van der Waals surface area contributed by atoms with Crippen molar-refractivity contribution in [2.75, 3.05) is 5.32 Å². The number of nitrogens with zero attached hydrogens (tertiary/aromatic N) is 4. The first-order valence-electron chi connectivity index (χ1n) is 7.99. The number of carbonyl (C=O) groups excluding carboxylic acids is 1. The Hall–Kier alpha value is -2.85. The van der Waals surface area contributed by atoms with Crippen LogP contribution in [0, 0.1) is 11.3 Å². The van der Waals surface area contributed by atoms with Crippen LogP contribution >= 0.6 is 11.6 Å². The predicted molar refractivity (Wildman–Crippen MR) is 92.5 cm³/mol. The minimum Gasteiger partial charge on any atom is -0.309 e. The summed E-state index contributed by atoms with van der Waals surface area (Å²) in [5, 5.41) is 19.5. The molecule has 25 heavy (non-hydrogen) atoms. The average Bonchev–Trinajstić information content (AvgIpc) is 3.19. The summed E-state index contributed by atoms with van der Waals surface area (Å²) in [5.41, 5.74) is 2.48. The molecular formula is C17H15ClN6O. The lowest BCUT2D eigenvalue weighted by Gasteiger charge is -2.07. The van der Waals surface area contributed by atoms with E-state index >= 15 is 0 Å². The Balaban J connectivity index is 1.56. The number of aromatic amines is 1. The molecule has 0 bridgehead atoms. The molecule has 3 aromatic rings. The zero-order valence-electron chi connectivity index (χ0n) is 13.5. The smallest absolute Gasteiger partial charge is 0.234 e. The number of anilines is 1. The zero-order chi connectivity index (χ0) is 17.6. The number of nitriles is 1. The van der Waals surface area contributed by atoms with Crippen LogP contribution in [0.3, 0.4) is 0 Å². The molecule has 4 rings (SSSR count). The number of hydrogen-bond donors (Lipinski definition) is 2. The molecule has 1 fully saturated rings. The number of imidazole rings is 1. The number of pyridine rings is 1. The van der Waals surface area contributed by atoms with Crippen molar-refractivity contribution >= 4 is 29.0 Å². The van der Waals surface area contributed by atoms with Gasteiger partial charge < -0.3 is 9.72 Å². The normalized spacial score (nSPS) is 15.1. The van der Waals surface area contributed by atoms with Crippen LogP contribution in [0.25, 0.3) is 5.65 Å². The van der Waals surface area contributed by atoms with E-state index < -0.39 is 5.92 Å². The summed E-state index contributed by atoms with van der Waals surface area (Å²) in [4.78, 5) is 16.9. The van der Waals surface area contributed by atoms with Gasteiger partial charge in [-0.25, -0.2) is 4.98 Å². The number of amides is 1. The summed E-state index contributed by atoms with van der Waals surface area (Å²) in [6.45, 7) is 1.76. The third-order valence-corrected chi connectivity index (χ3v) is 4.57. The van der Waals surface area contributed by atoms with E-state index in [1.54, 1.807) is 29.8 Å². The van der Waals surface area contributed by atoms with Gasteiger partial charge in [0.25, 0.3) is 0 Å². The van der Waals surface area contributed by atoms with Crippen LogP contribution in [0.5, 0.6) is 0 Å². The lowest BCUT2D eigenvalue weighted by molar-refractivity contribution is -0.117. The predicted octanol–water partition coefficient (Wildman–Crippen LogP) is 3.20. The molecule has 0 aromatic carbocycles. The number of hydrogen-bond acceptors (Lipinski definition) is 4. The van der Waals surface area contributed by atoms with Gasteiger partial charge in [0.2, 0.25) is 5.91 Å². The van der Waals surface area contributed by atoms with E-state index in [2.05, 4.69) is 26.6 Å². The highest BCUT2D eigenvalue weighted by Crippen LogP contribution is 2.39. The van der Waals surface area contributed by atoms with Crippen LogP contribution in [0.15, 0.2) is 24.5 Å². The lowest BCUT2D eigenvalue weighted by atomic mass is 10.1. The summed E-state index contributed by atoms with van der Waals surface area (Å²) < 4.78 is 1.67. The van der Waals surface area contributed by atoms with E-state index in [1.807, 2.05) is 6.07 Å². The first-order chi connectivity index (χ1) is 12.0. The topological polar surface area (TPSA) is 98.9 Å². The number of H-pyrrole nitrogens is 1. The largest absolute Gasteiger partial charge is 0.309 e. The Labute approximate surface area is 148 Å². The summed E-state index contributed by atoms with van der Waals surface area (Å²) in [7, 11) is 0. The molecule has 3 heterocycles. The second-order valence-corrected chi connectivity index (χ2v) is 6.71. The van der Waals surface area contributed by atoms with Gasteiger partial charge in [0.1, 0.15) is 6.07 Å². The van der Waals surface area contributed by atoms with Crippen LogP contribution in [0.1, 0.15) is 48.6 Å². The zero-order valence-corrected chi connectivity index (χ0v) is 14.2. The van der Waals surface area contributed by atoms with Gasteiger partial charge >= 0.3 is 0 Å². The maximum absolute atomic E-state index is 12.5. The number of fused-ring (bicyclic) bond motifs is 1. The molecule has 3 aromatic heterocycles.